The number of hydrogen-bond acceptors (Lipinski definition) is 4. The Kier molecular flexibility index (Phi) is 0.858. The van der Waals surface area contributed by atoms with E-state index in [1.807, 2.05) is 0 Å². The van der Waals surface area contributed by atoms with Crippen LogP contribution >= 0.6 is 0 Å². The van der Waals surface area contributed by atoms with Crippen molar-refractivity contribution in [2.45, 2.75) is 0 Å². The predicted molar refractivity (Wildman–Crippen MR) is 32.5 cm³/mol. The molecule has 0 fully saturated rings. The van der Waals surface area contributed by atoms with Crippen molar-refractivity contribution < 1.29 is 5.11 Å². The van der Waals surface area contributed by atoms with Gasteiger partial charge in [0.15, 0.2) is 5.69 Å². The van der Waals surface area contributed by atoms with E-state index in [2.05, 4.69) is 20.4 Å². The Morgan fingerprint density at radius 2 is 2.40 bits per heavy atom. The number of aromatic hydroxyl groups is 1. The van der Waals surface area contributed by atoms with Crippen LogP contribution in [-0.4, -0.2) is 25.5 Å². The van der Waals surface area contributed by atoms with E-state index in [4.69, 9.17) is 5.11 Å². The molecule has 2 heterocycles. The van der Waals surface area contributed by atoms with Crippen molar-refractivity contribution in [3.05, 3.63) is 12.3 Å². The molecular formula is C5H4N4O. The summed E-state index contributed by atoms with van der Waals surface area (Å²) in [5.41, 5.74) is 1.14. The van der Waals surface area contributed by atoms with Gasteiger partial charge in [0.05, 0.1) is 5.69 Å². The van der Waals surface area contributed by atoms with Crippen molar-refractivity contribution in [1.29, 1.82) is 0 Å². The zero-order valence-corrected chi connectivity index (χ0v) is 4.94. The van der Waals surface area contributed by atoms with Gasteiger partial charge in [0.25, 0.3) is 5.88 Å². The Balaban J connectivity index is 2.80. The Morgan fingerprint density at radius 3 is 3.20 bits per heavy atom. The number of nitrogens with zero attached hydrogens (tertiary/aromatic N) is 3. The zero-order valence-electron chi connectivity index (χ0n) is 4.94. The van der Waals surface area contributed by atoms with Crippen LogP contribution in [0, 0.1) is 0 Å². The van der Waals surface area contributed by atoms with E-state index < -0.39 is 0 Å². The predicted octanol–water partition coefficient (Wildman–Crippen LogP) is 0.0101. The van der Waals surface area contributed by atoms with Gasteiger partial charge in [-0.05, 0) is 6.07 Å². The minimum atomic E-state index is -0.140. The lowest BCUT2D eigenvalue weighted by Gasteiger charge is -1.94. The molecule has 10 heavy (non-hydrogen) atoms. The lowest BCUT2D eigenvalue weighted by molar-refractivity contribution is 0.440. The van der Waals surface area contributed by atoms with Crippen LogP contribution in [0.1, 0.15) is 0 Å². The minimum Gasteiger partial charge on any atom is -0.491 e. The van der Waals surface area contributed by atoms with Gasteiger partial charge in [0.1, 0.15) is 0 Å². The molecule has 50 valence electrons. The molecule has 0 bridgehead atoms. The number of aromatic amines is 1. The molecule has 0 amide bonds. The van der Waals surface area contributed by atoms with Crippen molar-refractivity contribution in [3.8, 4) is 17.3 Å². The zero-order chi connectivity index (χ0) is 6.97. The van der Waals surface area contributed by atoms with Crippen LogP contribution in [0.3, 0.4) is 0 Å². The molecule has 0 aromatic heterocycles. The highest BCUT2D eigenvalue weighted by Gasteiger charge is 2.09. The van der Waals surface area contributed by atoms with Crippen LogP contribution in [0.2, 0.25) is 0 Å². The number of aromatic nitrogens is 4. The second-order valence-corrected chi connectivity index (χ2v) is 1.84. The van der Waals surface area contributed by atoms with Gasteiger partial charge < -0.3 is 5.11 Å². The first-order valence-corrected chi connectivity index (χ1v) is 2.72. The summed E-state index contributed by atoms with van der Waals surface area (Å²) in [6.07, 6.45) is 1.57. The minimum absolute atomic E-state index is 0.140. The molecule has 0 atom stereocenters. The van der Waals surface area contributed by atoms with Gasteiger partial charge in [-0.15, -0.1) is 0 Å². The maximum absolute atomic E-state index is 9.00. The first-order valence-electron chi connectivity index (χ1n) is 2.72. The van der Waals surface area contributed by atoms with Crippen LogP contribution < -0.4 is 0 Å². The smallest absolute Gasteiger partial charge is 0.261 e. The largest absolute Gasteiger partial charge is 0.491 e. The van der Waals surface area contributed by atoms with Crippen molar-refractivity contribution in [2.75, 3.05) is 0 Å². The standard InChI is InChI=1S/C5H4N4O/c10-5-4-3(1-2-6-4)7-9-8-5/h1-2,10H,(H,7,8). The third-order valence-corrected chi connectivity index (χ3v) is 1.23. The summed E-state index contributed by atoms with van der Waals surface area (Å²) >= 11 is 0. The summed E-state index contributed by atoms with van der Waals surface area (Å²) in [4.78, 5) is 3.83. The topological polar surface area (TPSA) is 74.7 Å². The van der Waals surface area contributed by atoms with Crippen molar-refractivity contribution in [2.24, 2.45) is 0 Å². The highest BCUT2D eigenvalue weighted by Crippen LogP contribution is 2.22. The SMILES string of the molecule is Oc1nn[nH]c2ccnc1-2. The van der Waals surface area contributed by atoms with Gasteiger partial charge in [-0.25, -0.2) is 4.98 Å². The van der Waals surface area contributed by atoms with E-state index in [1.54, 1.807) is 12.3 Å². The summed E-state index contributed by atoms with van der Waals surface area (Å²) < 4.78 is 0. The normalized spacial score (nSPS) is 10.4. The fourth-order valence-electron chi connectivity index (χ4n) is 0.777. The fourth-order valence-corrected chi connectivity index (χ4v) is 0.777. The molecule has 2 N–H and O–H groups in total. The summed E-state index contributed by atoms with van der Waals surface area (Å²) in [6.45, 7) is 0. The second kappa shape index (κ2) is 1.66. The number of rotatable bonds is 0. The van der Waals surface area contributed by atoms with E-state index in [0.29, 0.717) is 11.4 Å². The van der Waals surface area contributed by atoms with Crippen molar-refractivity contribution in [1.82, 2.24) is 20.4 Å². The van der Waals surface area contributed by atoms with Gasteiger partial charge in [0, 0.05) is 6.20 Å². The Bertz CT molecular complexity index is 318. The average Bonchev–Trinajstić information content (AvgIpc) is 2.36. The summed E-state index contributed by atoms with van der Waals surface area (Å²) in [7, 11) is 0. The first-order chi connectivity index (χ1) is 4.88. The molecule has 0 aliphatic carbocycles. The molecule has 2 aliphatic rings. The maximum Gasteiger partial charge on any atom is 0.261 e. The quantitative estimate of drug-likeness (QED) is 0.535. The second-order valence-electron chi connectivity index (χ2n) is 1.84. The third-order valence-electron chi connectivity index (χ3n) is 1.23. The molecule has 0 spiro atoms. The maximum atomic E-state index is 9.00. The van der Waals surface area contributed by atoms with E-state index in [1.165, 1.54) is 0 Å². The van der Waals surface area contributed by atoms with Crippen LogP contribution in [0.5, 0.6) is 5.88 Å². The molecule has 0 saturated heterocycles. The fraction of sp³-hybridized carbons (Fsp3) is 0. The van der Waals surface area contributed by atoms with Crippen LogP contribution in [-0.2, 0) is 0 Å². The Morgan fingerprint density at radius 1 is 1.50 bits per heavy atom. The van der Waals surface area contributed by atoms with Gasteiger partial charge in [0.2, 0.25) is 0 Å². The number of fused-ring (bicyclic) bond motifs is 1. The lowest BCUT2D eigenvalue weighted by atomic mass is 10.3. The molecule has 0 unspecified atom stereocenters. The lowest BCUT2D eigenvalue weighted by Crippen LogP contribution is -1.91. The van der Waals surface area contributed by atoms with E-state index in [9.17, 15) is 0 Å². The number of hydrogen-bond donors (Lipinski definition) is 2. The summed E-state index contributed by atoms with van der Waals surface area (Å²) in [5.74, 6) is -0.140. The molecule has 2 rings (SSSR count). The van der Waals surface area contributed by atoms with Gasteiger partial charge in [-0.1, -0.05) is 10.3 Å². The van der Waals surface area contributed by atoms with Crippen LogP contribution in [0.25, 0.3) is 11.4 Å². The Labute approximate surface area is 56.1 Å². The van der Waals surface area contributed by atoms with E-state index in [-0.39, 0.29) is 5.88 Å². The van der Waals surface area contributed by atoms with Crippen LogP contribution in [0.4, 0.5) is 0 Å². The van der Waals surface area contributed by atoms with Crippen molar-refractivity contribution in [3.63, 3.8) is 0 Å². The Hall–Kier alpha value is -1.65. The summed E-state index contributed by atoms with van der Waals surface area (Å²) in [6, 6.07) is 1.71. The number of H-pyrrole nitrogens is 1. The molecule has 0 saturated carbocycles. The van der Waals surface area contributed by atoms with E-state index in [0.717, 1.165) is 0 Å². The molecule has 2 aliphatic heterocycles. The molecule has 0 aromatic carbocycles. The van der Waals surface area contributed by atoms with E-state index >= 15 is 0 Å². The van der Waals surface area contributed by atoms with Gasteiger partial charge in [-0.3, -0.25) is 5.10 Å². The number of nitrogens with one attached hydrogen (secondary N) is 1. The van der Waals surface area contributed by atoms with Crippen molar-refractivity contribution >= 4 is 0 Å². The highest BCUT2D eigenvalue weighted by atomic mass is 16.3. The summed E-state index contributed by atoms with van der Waals surface area (Å²) in [5, 5.41) is 18.4. The monoisotopic (exact) mass is 136 g/mol. The molecule has 5 heteroatoms. The molecule has 5 nitrogen and oxygen atoms in total. The molecular weight excluding hydrogens is 132 g/mol. The molecule has 0 radical (unpaired) electrons. The average molecular weight is 136 g/mol. The van der Waals surface area contributed by atoms with Crippen LogP contribution in [0.15, 0.2) is 12.3 Å². The third kappa shape index (κ3) is 0.540. The van der Waals surface area contributed by atoms with Gasteiger partial charge in [-0.2, -0.15) is 0 Å². The highest BCUT2D eigenvalue weighted by molar-refractivity contribution is 5.59. The van der Waals surface area contributed by atoms with Gasteiger partial charge >= 0.3 is 0 Å². The first kappa shape index (κ1) is 5.16. The molecule has 0 aromatic rings.